The van der Waals surface area contributed by atoms with Gasteiger partial charge in [-0.1, -0.05) is 30.3 Å². The lowest BCUT2D eigenvalue weighted by Crippen LogP contribution is -2.29. The monoisotopic (exact) mass is 416 g/mol. The molecule has 1 saturated heterocycles. The highest BCUT2D eigenvalue weighted by Crippen LogP contribution is 2.32. The summed E-state index contributed by atoms with van der Waals surface area (Å²) in [5.41, 5.74) is 7.85. The van der Waals surface area contributed by atoms with Crippen molar-refractivity contribution in [2.45, 2.75) is 25.2 Å². The Morgan fingerprint density at radius 3 is 2.34 bits per heavy atom. The van der Waals surface area contributed by atoms with Gasteiger partial charge in [0.15, 0.2) is 5.78 Å². The van der Waals surface area contributed by atoms with Crippen molar-refractivity contribution >= 4 is 24.1 Å². The van der Waals surface area contributed by atoms with Crippen LogP contribution in [0.5, 0.6) is 5.75 Å². The molecule has 156 valence electrons. The number of likely N-dealkylation sites (tertiary alicyclic amines) is 1. The number of methoxy groups -OCH3 is 1. The Labute approximate surface area is 178 Å². The molecule has 0 unspecified atom stereocenters. The molecule has 1 aliphatic rings. The Bertz CT molecular complexity index is 796. The van der Waals surface area contributed by atoms with Gasteiger partial charge in [-0.05, 0) is 48.7 Å². The Hall–Kier alpha value is -2.37. The molecule has 2 N–H and O–H groups in total. The van der Waals surface area contributed by atoms with Crippen molar-refractivity contribution in [1.82, 2.24) is 4.90 Å². The number of nitrogens with two attached hydrogens (primary N) is 1. The standard InChI is InChI=1S/C23H28N2O3.ClH/c1-28-20-12-10-18(11-13-20)22(26)8-5-9-23(27)25-15-19(14-24)21(16-25)17-6-3-2-4-7-17;/h2-4,6-7,10-13,19,21H,5,8-9,14-16,24H2,1H3;1H/t19-,21+;/m1./s1. The van der Waals surface area contributed by atoms with E-state index in [1.807, 2.05) is 23.1 Å². The molecule has 2 aromatic rings. The summed E-state index contributed by atoms with van der Waals surface area (Å²) in [6, 6.07) is 17.3. The number of amides is 1. The molecule has 5 nitrogen and oxygen atoms in total. The zero-order chi connectivity index (χ0) is 19.9. The van der Waals surface area contributed by atoms with Gasteiger partial charge < -0.3 is 15.4 Å². The number of benzene rings is 2. The molecule has 6 heteroatoms. The third-order valence-electron chi connectivity index (χ3n) is 5.53. The molecule has 0 spiro atoms. The summed E-state index contributed by atoms with van der Waals surface area (Å²) in [6.45, 7) is 1.97. The number of hydrogen-bond acceptors (Lipinski definition) is 4. The number of rotatable bonds is 8. The fourth-order valence-corrected chi connectivity index (χ4v) is 3.87. The second-order valence-electron chi connectivity index (χ2n) is 7.32. The molecule has 1 fully saturated rings. The topological polar surface area (TPSA) is 72.6 Å². The zero-order valence-corrected chi connectivity index (χ0v) is 17.6. The molecular weight excluding hydrogens is 388 g/mol. The molecule has 1 aliphatic heterocycles. The molecule has 0 radical (unpaired) electrons. The number of ketones is 1. The second kappa shape index (κ2) is 11.0. The van der Waals surface area contributed by atoms with Crippen LogP contribution < -0.4 is 10.5 Å². The van der Waals surface area contributed by atoms with E-state index in [1.54, 1.807) is 31.4 Å². The van der Waals surface area contributed by atoms with Gasteiger partial charge in [0.05, 0.1) is 7.11 Å². The van der Waals surface area contributed by atoms with Crippen LogP contribution in [-0.4, -0.2) is 43.3 Å². The summed E-state index contributed by atoms with van der Waals surface area (Å²) in [4.78, 5) is 26.9. The summed E-state index contributed by atoms with van der Waals surface area (Å²) in [6.07, 6.45) is 1.32. The van der Waals surface area contributed by atoms with E-state index in [2.05, 4.69) is 12.1 Å². The largest absolute Gasteiger partial charge is 0.497 e. The van der Waals surface area contributed by atoms with E-state index in [0.717, 1.165) is 5.75 Å². The maximum Gasteiger partial charge on any atom is 0.222 e. The van der Waals surface area contributed by atoms with Crippen LogP contribution in [0.25, 0.3) is 0 Å². The molecule has 1 amide bonds. The minimum absolute atomic E-state index is 0. The lowest BCUT2D eigenvalue weighted by atomic mass is 9.89. The van der Waals surface area contributed by atoms with Gasteiger partial charge in [-0.2, -0.15) is 0 Å². The SMILES string of the molecule is COc1ccc(C(=O)CCCC(=O)N2C[C@@H](CN)[C@H](c3ccccc3)C2)cc1.Cl. The van der Waals surface area contributed by atoms with E-state index >= 15 is 0 Å². The van der Waals surface area contributed by atoms with Crippen molar-refractivity contribution in [2.75, 3.05) is 26.7 Å². The fourth-order valence-electron chi connectivity index (χ4n) is 3.87. The third-order valence-corrected chi connectivity index (χ3v) is 5.53. The van der Waals surface area contributed by atoms with E-state index in [4.69, 9.17) is 10.5 Å². The van der Waals surface area contributed by atoms with Crippen LogP contribution in [0.15, 0.2) is 54.6 Å². The minimum Gasteiger partial charge on any atom is -0.497 e. The summed E-state index contributed by atoms with van der Waals surface area (Å²) in [5, 5.41) is 0. The second-order valence-corrected chi connectivity index (χ2v) is 7.32. The molecular formula is C23H29ClN2O3. The van der Waals surface area contributed by atoms with Gasteiger partial charge in [-0.15, -0.1) is 12.4 Å². The van der Waals surface area contributed by atoms with Crippen LogP contribution in [0.3, 0.4) is 0 Å². The average molecular weight is 417 g/mol. The van der Waals surface area contributed by atoms with Gasteiger partial charge in [0.25, 0.3) is 0 Å². The van der Waals surface area contributed by atoms with Crippen LogP contribution in [0.4, 0.5) is 0 Å². The normalized spacial score (nSPS) is 18.2. The molecule has 1 heterocycles. The van der Waals surface area contributed by atoms with Crippen molar-refractivity contribution in [2.24, 2.45) is 11.7 Å². The highest BCUT2D eigenvalue weighted by Gasteiger charge is 2.34. The molecule has 0 aliphatic carbocycles. The van der Waals surface area contributed by atoms with Crippen molar-refractivity contribution in [3.8, 4) is 5.75 Å². The third kappa shape index (κ3) is 5.81. The predicted octanol–water partition coefficient (Wildman–Crippen LogP) is 3.67. The minimum atomic E-state index is 0. The number of hydrogen-bond donors (Lipinski definition) is 1. The zero-order valence-electron chi connectivity index (χ0n) is 16.8. The van der Waals surface area contributed by atoms with Crippen LogP contribution in [0, 0.1) is 5.92 Å². The molecule has 2 atom stereocenters. The molecule has 2 aromatic carbocycles. The van der Waals surface area contributed by atoms with Crippen molar-refractivity contribution in [3.05, 3.63) is 65.7 Å². The molecule has 0 aromatic heterocycles. The first-order chi connectivity index (χ1) is 13.6. The van der Waals surface area contributed by atoms with Crippen LogP contribution in [-0.2, 0) is 4.79 Å². The maximum absolute atomic E-state index is 12.6. The number of nitrogens with zero attached hydrogens (tertiary/aromatic N) is 1. The molecule has 0 bridgehead atoms. The maximum atomic E-state index is 12.6. The molecule has 0 saturated carbocycles. The van der Waals surface area contributed by atoms with Crippen molar-refractivity contribution in [3.63, 3.8) is 0 Å². The van der Waals surface area contributed by atoms with Crippen molar-refractivity contribution in [1.29, 1.82) is 0 Å². The van der Waals surface area contributed by atoms with E-state index in [-0.39, 0.29) is 35.9 Å². The van der Waals surface area contributed by atoms with E-state index < -0.39 is 0 Å². The quantitative estimate of drug-likeness (QED) is 0.666. The number of ether oxygens (including phenoxy) is 1. The highest BCUT2D eigenvalue weighted by molar-refractivity contribution is 5.96. The van der Waals surface area contributed by atoms with E-state index in [0.29, 0.717) is 44.5 Å². The fraction of sp³-hybridized carbons (Fsp3) is 0.391. The number of Topliss-reactive ketones (excluding diaryl/α,β-unsaturated/α-hetero) is 1. The number of halogens is 1. The van der Waals surface area contributed by atoms with Gasteiger partial charge in [-0.25, -0.2) is 0 Å². The lowest BCUT2D eigenvalue weighted by Gasteiger charge is -2.17. The van der Waals surface area contributed by atoms with E-state index in [9.17, 15) is 9.59 Å². The van der Waals surface area contributed by atoms with Crippen LogP contribution >= 0.6 is 12.4 Å². The predicted molar refractivity (Wildman–Crippen MR) is 117 cm³/mol. The summed E-state index contributed by atoms with van der Waals surface area (Å²) in [7, 11) is 1.60. The van der Waals surface area contributed by atoms with E-state index in [1.165, 1.54) is 5.56 Å². The average Bonchev–Trinajstić information content (AvgIpc) is 3.19. The van der Waals surface area contributed by atoms with Crippen LogP contribution in [0.1, 0.15) is 41.1 Å². The lowest BCUT2D eigenvalue weighted by molar-refractivity contribution is -0.130. The summed E-state index contributed by atoms with van der Waals surface area (Å²) >= 11 is 0. The van der Waals surface area contributed by atoms with Crippen molar-refractivity contribution < 1.29 is 14.3 Å². The Kier molecular flexibility index (Phi) is 8.68. The Morgan fingerprint density at radius 2 is 1.72 bits per heavy atom. The highest BCUT2D eigenvalue weighted by atomic mass is 35.5. The molecule has 29 heavy (non-hydrogen) atoms. The van der Waals surface area contributed by atoms with Gasteiger partial charge in [0.1, 0.15) is 5.75 Å². The first-order valence-corrected chi connectivity index (χ1v) is 9.82. The number of carbonyl (C=O) groups is 2. The summed E-state index contributed by atoms with van der Waals surface area (Å²) < 4.78 is 5.11. The van der Waals surface area contributed by atoms with Gasteiger partial charge in [-0.3, -0.25) is 9.59 Å². The molecule has 3 rings (SSSR count). The first-order valence-electron chi connectivity index (χ1n) is 9.82. The first kappa shape index (κ1) is 22.9. The van der Waals surface area contributed by atoms with Gasteiger partial charge >= 0.3 is 0 Å². The Balaban J connectivity index is 0.00000300. The van der Waals surface area contributed by atoms with Gasteiger partial charge in [0.2, 0.25) is 5.91 Å². The van der Waals surface area contributed by atoms with Crippen LogP contribution in [0.2, 0.25) is 0 Å². The smallest absolute Gasteiger partial charge is 0.222 e. The summed E-state index contributed by atoms with van der Waals surface area (Å²) in [5.74, 6) is 1.46. The Morgan fingerprint density at radius 1 is 1.03 bits per heavy atom. The number of carbonyl (C=O) groups excluding carboxylic acids is 2. The van der Waals surface area contributed by atoms with Gasteiger partial charge in [0, 0.05) is 37.4 Å².